The van der Waals surface area contributed by atoms with E-state index in [4.69, 9.17) is 5.73 Å². The number of hydrogen-bond donors (Lipinski definition) is 1. The average Bonchev–Trinajstić information content (AvgIpc) is 2.48. The predicted octanol–water partition coefficient (Wildman–Crippen LogP) is 2.44. The molecule has 116 valence electrons. The van der Waals surface area contributed by atoms with Crippen molar-refractivity contribution >= 4 is 5.91 Å². The van der Waals surface area contributed by atoms with Gasteiger partial charge in [-0.15, -0.1) is 0 Å². The normalized spacial score (nSPS) is 21.1. The van der Waals surface area contributed by atoms with Crippen molar-refractivity contribution in [2.75, 3.05) is 13.1 Å². The van der Waals surface area contributed by atoms with Crippen molar-refractivity contribution < 1.29 is 13.6 Å². The van der Waals surface area contributed by atoms with Crippen LogP contribution in [-0.2, 0) is 11.2 Å². The number of likely N-dealkylation sites (tertiary alicyclic amines) is 1. The molecule has 1 aromatic carbocycles. The topological polar surface area (TPSA) is 46.3 Å². The van der Waals surface area contributed by atoms with Gasteiger partial charge in [0, 0.05) is 19.0 Å². The highest BCUT2D eigenvalue weighted by atomic mass is 19.1. The van der Waals surface area contributed by atoms with E-state index in [0.29, 0.717) is 0 Å². The Balaban J connectivity index is 1.89. The summed E-state index contributed by atoms with van der Waals surface area (Å²) in [6.07, 6.45) is 2.46. The quantitative estimate of drug-likeness (QED) is 0.876. The van der Waals surface area contributed by atoms with E-state index in [1.807, 2.05) is 0 Å². The number of carbonyl (C=O) groups is 1. The first-order chi connectivity index (χ1) is 10.1. The Morgan fingerprint density at radius 2 is 2.05 bits per heavy atom. The minimum absolute atomic E-state index is 0.0710. The van der Waals surface area contributed by atoms with Gasteiger partial charge >= 0.3 is 0 Å². The maximum atomic E-state index is 13.5. The van der Waals surface area contributed by atoms with Crippen LogP contribution in [0, 0.1) is 5.82 Å². The average molecular weight is 296 g/mol. The number of amides is 1. The van der Waals surface area contributed by atoms with E-state index in [2.05, 4.69) is 4.90 Å². The van der Waals surface area contributed by atoms with Crippen LogP contribution in [0.25, 0.3) is 0 Å². The van der Waals surface area contributed by atoms with Crippen LogP contribution in [0.2, 0.25) is 0 Å². The van der Waals surface area contributed by atoms with Crippen LogP contribution < -0.4 is 5.73 Å². The summed E-state index contributed by atoms with van der Waals surface area (Å²) in [5.41, 5.74) is 6.07. The van der Waals surface area contributed by atoms with Crippen molar-refractivity contribution in [2.45, 2.75) is 44.3 Å². The Hall–Kier alpha value is -1.49. The van der Waals surface area contributed by atoms with Gasteiger partial charge in [-0.05, 0) is 43.5 Å². The Labute approximate surface area is 124 Å². The summed E-state index contributed by atoms with van der Waals surface area (Å²) in [5, 5.41) is 0. The summed E-state index contributed by atoms with van der Waals surface area (Å²) in [6, 6.07) is 6.52. The lowest BCUT2D eigenvalue weighted by atomic mass is 9.96. The standard InChI is InChI=1S/C16H22F2N2O/c17-13-6-4-12(5-7-13)8-10-20-9-2-1-3-14(20)11-15(18)16(19)21/h4-7,14-15H,1-3,8-11H2,(H2,19,21). The van der Waals surface area contributed by atoms with Gasteiger partial charge in [-0.25, -0.2) is 8.78 Å². The Morgan fingerprint density at radius 1 is 1.33 bits per heavy atom. The lowest BCUT2D eigenvalue weighted by Crippen LogP contribution is -2.43. The molecule has 0 saturated carbocycles. The van der Waals surface area contributed by atoms with E-state index in [1.54, 1.807) is 12.1 Å². The third-order valence-corrected chi connectivity index (χ3v) is 4.14. The lowest BCUT2D eigenvalue weighted by Gasteiger charge is -2.36. The molecule has 0 aromatic heterocycles. The number of primary amides is 1. The van der Waals surface area contributed by atoms with Crippen LogP contribution in [0.1, 0.15) is 31.2 Å². The molecule has 0 spiro atoms. The Bertz CT molecular complexity index is 464. The number of rotatable bonds is 6. The predicted molar refractivity (Wildman–Crippen MR) is 78.0 cm³/mol. The zero-order chi connectivity index (χ0) is 15.2. The molecule has 1 aliphatic heterocycles. The van der Waals surface area contributed by atoms with Gasteiger partial charge < -0.3 is 5.73 Å². The molecule has 0 bridgehead atoms. The summed E-state index contributed by atoms with van der Waals surface area (Å²) in [6.45, 7) is 1.71. The highest BCUT2D eigenvalue weighted by Gasteiger charge is 2.27. The molecule has 0 radical (unpaired) electrons. The van der Waals surface area contributed by atoms with Crippen LogP contribution in [0.15, 0.2) is 24.3 Å². The van der Waals surface area contributed by atoms with E-state index in [-0.39, 0.29) is 18.3 Å². The molecule has 2 unspecified atom stereocenters. The number of alkyl halides is 1. The maximum absolute atomic E-state index is 13.5. The summed E-state index contributed by atoms with van der Waals surface area (Å²) >= 11 is 0. The molecule has 2 N–H and O–H groups in total. The molecule has 21 heavy (non-hydrogen) atoms. The van der Waals surface area contributed by atoms with E-state index >= 15 is 0 Å². The monoisotopic (exact) mass is 296 g/mol. The van der Waals surface area contributed by atoms with E-state index < -0.39 is 12.1 Å². The second-order valence-electron chi connectivity index (χ2n) is 5.67. The molecule has 2 atom stereocenters. The molecule has 1 amide bonds. The fraction of sp³-hybridized carbons (Fsp3) is 0.562. The minimum Gasteiger partial charge on any atom is -0.367 e. The van der Waals surface area contributed by atoms with Crippen molar-refractivity contribution in [3.8, 4) is 0 Å². The summed E-state index contributed by atoms with van der Waals surface area (Å²) < 4.78 is 26.4. The smallest absolute Gasteiger partial charge is 0.252 e. The SMILES string of the molecule is NC(=O)C(F)CC1CCCCN1CCc1ccc(F)cc1. The third kappa shape index (κ3) is 4.77. The van der Waals surface area contributed by atoms with Gasteiger partial charge in [-0.1, -0.05) is 18.6 Å². The summed E-state index contributed by atoms with van der Waals surface area (Å²) in [7, 11) is 0. The lowest BCUT2D eigenvalue weighted by molar-refractivity contribution is -0.123. The molecule has 1 saturated heterocycles. The first-order valence-corrected chi connectivity index (χ1v) is 7.48. The van der Waals surface area contributed by atoms with Gasteiger partial charge in [0.05, 0.1) is 0 Å². The fourth-order valence-electron chi connectivity index (χ4n) is 2.90. The first-order valence-electron chi connectivity index (χ1n) is 7.48. The van der Waals surface area contributed by atoms with Crippen molar-refractivity contribution in [1.82, 2.24) is 4.90 Å². The summed E-state index contributed by atoms with van der Waals surface area (Å²) in [5.74, 6) is -1.12. The molecule has 2 rings (SSSR count). The van der Waals surface area contributed by atoms with Crippen LogP contribution in [0.5, 0.6) is 0 Å². The Morgan fingerprint density at radius 3 is 2.71 bits per heavy atom. The van der Waals surface area contributed by atoms with Crippen molar-refractivity contribution in [3.05, 3.63) is 35.6 Å². The molecule has 1 aliphatic rings. The zero-order valence-corrected chi connectivity index (χ0v) is 12.1. The molecule has 1 heterocycles. The summed E-state index contributed by atoms with van der Waals surface area (Å²) in [4.78, 5) is 13.1. The van der Waals surface area contributed by atoms with E-state index in [0.717, 1.165) is 44.3 Å². The van der Waals surface area contributed by atoms with Crippen LogP contribution in [0.3, 0.4) is 0 Å². The number of nitrogens with zero attached hydrogens (tertiary/aromatic N) is 1. The van der Waals surface area contributed by atoms with Crippen LogP contribution in [-0.4, -0.2) is 36.1 Å². The van der Waals surface area contributed by atoms with Gasteiger partial charge in [-0.3, -0.25) is 9.69 Å². The van der Waals surface area contributed by atoms with E-state index in [1.165, 1.54) is 12.1 Å². The molecular weight excluding hydrogens is 274 g/mol. The third-order valence-electron chi connectivity index (χ3n) is 4.14. The van der Waals surface area contributed by atoms with Crippen molar-refractivity contribution in [1.29, 1.82) is 0 Å². The van der Waals surface area contributed by atoms with Gasteiger partial charge in [-0.2, -0.15) is 0 Å². The number of piperidine rings is 1. The van der Waals surface area contributed by atoms with E-state index in [9.17, 15) is 13.6 Å². The second kappa shape index (κ2) is 7.50. The Kier molecular flexibility index (Phi) is 5.67. The molecule has 5 heteroatoms. The van der Waals surface area contributed by atoms with Crippen LogP contribution in [0.4, 0.5) is 8.78 Å². The molecular formula is C16H22F2N2O. The number of halogens is 2. The van der Waals surface area contributed by atoms with Gasteiger partial charge in [0.15, 0.2) is 6.17 Å². The number of nitrogens with two attached hydrogens (primary N) is 1. The zero-order valence-electron chi connectivity index (χ0n) is 12.1. The van der Waals surface area contributed by atoms with Crippen molar-refractivity contribution in [3.63, 3.8) is 0 Å². The molecule has 1 aromatic rings. The minimum atomic E-state index is -1.57. The van der Waals surface area contributed by atoms with Gasteiger partial charge in [0.25, 0.3) is 5.91 Å². The number of carbonyl (C=O) groups excluding carboxylic acids is 1. The molecule has 0 aliphatic carbocycles. The van der Waals surface area contributed by atoms with Gasteiger partial charge in [0.1, 0.15) is 5.82 Å². The largest absolute Gasteiger partial charge is 0.367 e. The van der Waals surface area contributed by atoms with Gasteiger partial charge in [0.2, 0.25) is 0 Å². The maximum Gasteiger partial charge on any atom is 0.252 e. The number of hydrogen-bond acceptors (Lipinski definition) is 2. The number of benzene rings is 1. The highest BCUT2D eigenvalue weighted by molar-refractivity contribution is 5.78. The highest BCUT2D eigenvalue weighted by Crippen LogP contribution is 2.22. The second-order valence-corrected chi connectivity index (χ2v) is 5.67. The molecule has 1 fully saturated rings. The molecule has 3 nitrogen and oxygen atoms in total. The van der Waals surface area contributed by atoms with Crippen LogP contribution >= 0.6 is 0 Å². The fourth-order valence-corrected chi connectivity index (χ4v) is 2.90. The first kappa shape index (κ1) is 15.9. The van der Waals surface area contributed by atoms with Crippen molar-refractivity contribution in [2.24, 2.45) is 5.73 Å².